The van der Waals surface area contributed by atoms with Crippen molar-refractivity contribution < 1.29 is 9.84 Å². The average Bonchev–Trinajstić information content (AvgIpc) is 3.23. The number of aliphatic hydroxyl groups is 1. The maximum atomic E-state index is 11.9. The second kappa shape index (κ2) is 9.09. The molecular weight excluding hydrogens is 388 g/mol. The van der Waals surface area contributed by atoms with Crippen LogP contribution in [0.2, 0.25) is 0 Å². The van der Waals surface area contributed by atoms with Crippen LogP contribution in [0.4, 0.5) is 5.82 Å². The summed E-state index contributed by atoms with van der Waals surface area (Å²) in [7, 11) is 0. The fourth-order valence-electron chi connectivity index (χ4n) is 3.08. The summed E-state index contributed by atoms with van der Waals surface area (Å²) in [6.07, 6.45) is 2.82. The number of nitrogens with two attached hydrogens (primary N) is 1. The van der Waals surface area contributed by atoms with Gasteiger partial charge in [-0.3, -0.25) is 4.57 Å². The van der Waals surface area contributed by atoms with Crippen LogP contribution in [0.3, 0.4) is 0 Å². The summed E-state index contributed by atoms with van der Waals surface area (Å²) in [6.45, 7) is 4.44. The molecule has 0 unspecified atom stereocenters. The summed E-state index contributed by atoms with van der Waals surface area (Å²) in [4.78, 5) is 15.6. The van der Waals surface area contributed by atoms with E-state index in [9.17, 15) is 9.90 Å². The van der Waals surface area contributed by atoms with Gasteiger partial charge in [-0.25, -0.2) is 9.48 Å². The lowest BCUT2D eigenvalue weighted by atomic mass is 10.2. The zero-order valence-electron chi connectivity index (χ0n) is 15.3. The molecule has 3 rings (SSSR count). The highest BCUT2D eigenvalue weighted by Gasteiger charge is 2.45. The summed E-state index contributed by atoms with van der Waals surface area (Å²) < 4.78 is 9.21. The number of ether oxygens (including phenoxy) is 1. The minimum absolute atomic E-state index is 0.0248. The fourth-order valence-corrected chi connectivity index (χ4v) is 5.73. The number of hydrogen-bond acceptors (Lipinski definition) is 9. The van der Waals surface area contributed by atoms with Crippen molar-refractivity contribution >= 4 is 29.3 Å². The molecule has 3 heterocycles. The number of hydrogen-bond donors (Lipinski definition) is 2. The van der Waals surface area contributed by atoms with E-state index in [0.717, 1.165) is 11.5 Å². The standard InChI is InChI=1S/C16H24N6O3S2/c1-3-26-13-11(9-23)25-15(14(13)27-4-2)22-8-10(19-20-22)7-21-6-5-12(17)18-16(21)24/h5-6,8,11,13-15,23H,3-4,7,9H2,1-2H3,(H2,17,18,24)/t11-,13-,14-,15-/m1/s1. The highest BCUT2D eigenvalue weighted by molar-refractivity contribution is 8.03. The van der Waals surface area contributed by atoms with Crippen LogP contribution in [0, 0.1) is 0 Å². The third-order valence-corrected chi connectivity index (χ3v) is 6.96. The summed E-state index contributed by atoms with van der Waals surface area (Å²) in [5, 5.41) is 18.5. The molecule has 11 heteroatoms. The first-order chi connectivity index (χ1) is 13.1. The van der Waals surface area contributed by atoms with Crippen LogP contribution in [0.25, 0.3) is 0 Å². The van der Waals surface area contributed by atoms with E-state index in [4.69, 9.17) is 10.5 Å². The Labute approximate surface area is 165 Å². The Hall–Kier alpha value is -1.56. The molecule has 0 radical (unpaired) electrons. The van der Waals surface area contributed by atoms with Crippen LogP contribution >= 0.6 is 23.5 Å². The van der Waals surface area contributed by atoms with Crippen LogP contribution in [0.1, 0.15) is 25.8 Å². The Morgan fingerprint density at radius 2 is 2.04 bits per heavy atom. The van der Waals surface area contributed by atoms with Gasteiger partial charge in [0.1, 0.15) is 11.5 Å². The molecule has 27 heavy (non-hydrogen) atoms. The molecule has 0 spiro atoms. The minimum Gasteiger partial charge on any atom is -0.394 e. The molecule has 0 amide bonds. The van der Waals surface area contributed by atoms with Gasteiger partial charge in [0.2, 0.25) is 0 Å². The van der Waals surface area contributed by atoms with Gasteiger partial charge in [-0.15, -0.1) is 5.10 Å². The molecular formula is C16H24N6O3S2. The number of aromatic nitrogens is 5. The van der Waals surface area contributed by atoms with Gasteiger partial charge in [-0.1, -0.05) is 19.1 Å². The van der Waals surface area contributed by atoms with Gasteiger partial charge in [-0.05, 0) is 17.6 Å². The van der Waals surface area contributed by atoms with Crippen molar-refractivity contribution in [3.05, 3.63) is 34.6 Å². The van der Waals surface area contributed by atoms with Gasteiger partial charge in [0.15, 0.2) is 6.23 Å². The number of thioether (sulfide) groups is 2. The minimum atomic E-state index is -0.430. The van der Waals surface area contributed by atoms with Crippen LogP contribution in [-0.4, -0.2) is 64.4 Å². The molecule has 0 saturated carbocycles. The van der Waals surface area contributed by atoms with Crippen molar-refractivity contribution in [3.63, 3.8) is 0 Å². The zero-order valence-corrected chi connectivity index (χ0v) is 16.9. The van der Waals surface area contributed by atoms with Crippen LogP contribution in [0.5, 0.6) is 0 Å². The Balaban J connectivity index is 1.80. The molecule has 3 N–H and O–H groups in total. The smallest absolute Gasteiger partial charge is 0.349 e. The first kappa shape index (κ1) is 20.2. The van der Waals surface area contributed by atoms with Gasteiger partial charge in [0.25, 0.3) is 0 Å². The van der Waals surface area contributed by atoms with Crippen LogP contribution in [0.15, 0.2) is 23.3 Å². The van der Waals surface area contributed by atoms with Gasteiger partial charge < -0.3 is 15.6 Å². The van der Waals surface area contributed by atoms with Crippen molar-refractivity contribution in [3.8, 4) is 0 Å². The maximum Gasteiger partial charge on any atom is 0.349 e. The second-order valence-electron chi connectivity index (χ2n) is 6.04. The molecule has 0 aromatic carbocycles. The summed E-state index contributed by atoms with van der Waals surface area (Å²) >= 11 is 3.60. The summed E-state index contributed by atoms with van der Waals surface area (Å²) in [5.41, 5.74) is 5.71. The first-order valence-electron chi connectivity index (χ1n) is 8.80. The molecule has 1 fully saturated rings. The number of nitrogen functional groups attached to an aromatic ring is 1. The van der Waals surface area contributed by atoms with Crippen molar-refractivity contribution in [2.45, 2.75) is 43.2 Å². The lowest BCUT2D eigenvalue weighted by Gasteiger charge is -2.21. The van der Waals surface area contributed by atoms with Gasteiger partial charge in [0.05, 0.1) is 30.7 Å². The SMILES string of the molecule is CCS[C@@H]1[C@H](SCC)[C@@H](CO)O[C@H]1n1cc(Cn2ccc(N)nc2=O)nn1. The van der Waals surface area contributed by atoms with Crippen molar-refractivity contribution in [2.24, 2.45) is 0 Å². The lowest BCUT2D eigenvalue weighted by Crippen LogP contribution is -2.29. The van der Waals surface area contributed by atoms with Crippen LogP contribution in [-0.2, 0) is 11.3 Å². The number of aliphatic hydroxyl groups excluding tert-OH is 1. The lowest BCUT2D eigenvalue weighted by molar-refractivity contribution is -0.0269. The molecule has 1 saturated heterocycles. The predicted molar refractivity (Wildman–Crippen MR) is 107 cm³/mol. The molecule has 2 aromatic heterocycles. The van der Waals surface area contributed by atoms with Crippen molar-refractivity contribution in [1.82, 2.24) is 24.5 Å². The maximum absolute atomic E-state index is 11.9. The van der Waals surface area contributed by atoms with E-state index in [1.54, 1.807) is 46.7 Å². The fraction of sp³-hybridized carbons (Fsp3) is 0.625. The van der Waals surface area contributed by atoms with E-state index in [1.165, 1.54) is 4.57 Å². The number of nitrogens with zero attached hydrogens (tertiary/aromatic N) is 5. The van der Waals surface area contributed by atoms with Gasteiger partial charge in [-0.2, -0.15) is 28.5 Å². The van der Waals surface area contributed by atoms with E-state index in [2.05, 4.69) is 29.1 Å². The van der Waals surface area contributed by atoms with Crippen molar-refractivity contribution in [2.75, 3.05) is 23.8 Å². The Kier molecular flexibility index (Phi) is 6.79. The Morgan fingerprint density at radius 1 is 1.30 bits per heavy atom. The molecule has 0 bridgehead atoms. The highest BCUT2D eigenvalue weighted by atomic mass is 32.2. The second-order valence-corrected chi connectivity index (χ2v) is 8.95. The molecule has 148 valence electrons. The molecule has 1 aliphatic heterocycles. The zero-order chi connectivity index (χ0) is 19.4. The number of rotatable bonds is 8. The topological polar surface area (TPSA) is 121 Å². The summed E-state index contributed by atoms with van der Waals surface area (Å²) in [5.74, 6) is 2.08. The quantitative estimate of drug-likeness (QED) is 0.642. The summed E-state index contributed by atoms with van der Waals surface area (Å²) in [6, 6.07) is 1.57. The normalized spacial score (nSPS) is 25.1. The Bertz CT molecular complexity index is 813. The predicted octanol–water partition coefficient (Wildman–Crippen LogP) is 0.598. The van der Waals surface area contributed by atoms with Gasteiger partial charge >= 0.3 is 5.69 Å². The molecule has 1 aliphatic rings. The molecule has 0 aliphatic carbocycles. The average molecular weight is 413 g/mol. The van der Waals surface area contributed by atoms with Crippen LogP contribution < -0.4 is 11.4 Å². The first-order valence-corrected chi connectivity index (χ1v) is 10.9. The largest absolute Gasteiger partial charge is 0.394 e. The molecule has 9 nitrogen and oxygen atoms in total. The van der Waals surface area contributed by atoms with Crippen molar-refractivity contribution in [1.29, 1.82) is 0 Å². The molecule has 2 aromatic rings. The van der Waals surface area contributed by atoms with E-state index in [0.29, 0.717) is 5.69 Å². The third kappa shape index (κ3) is 4.48. The molecule has 4 atom stereocenters. The van der Waals surface area contributed by atoms with Gasteiger partial charge in [0, 0.05) is 11.4 Å². The Morgan fingerprint density at radius 3 is 2.70 bits per heavy atom. The van der Waals surface area contributed by atoms with E-state index >= 15 is 0 Å². The third-order valence-electron chi connectivity index (χ3n) is 4.23. The number of anilines is 1. The monoisotopic (exact) mass is 412 g/mol. The van der Waals surface area contributed by atoms with E-state index < -0.39 is 5.69 Å². The highest BCUT2D eigenvalue weighted by Crippen LogP contribution is 2.43. The van der Waals surface area contributed by atoms with E-state index in [-0.39, 0.29) is 41.8 Å². The van der Waals surface area contributed by atoms with E-state index in [1.807, 2.05) is 0 Å².